The van der Waals surface area contributed by atoms with Crippen molar-refractivity contribution in [3.8, 4) is 11.3 Å². The van der Waals surface area contributed by atoms with Crippen molar-refractivity contribution in [3.05, 3.63) is 53.2 Å². The van der Waals surface area contributed by atoms with Crippen LogP contribution in [0.5, 0.6) is 0 Å². The first-order chi connectivity index (χ1) is 10.0. The third-order valence-corrected chi connectivity index (χ3v) is 3.43. The van der Waals surface area contributed by atoms with E-state index in [1.54, 1.807) is 0 Å². The molecule has 106 valence electrons. The number of pyridine rings is 1. The first-order valence-corrected chi connectivity index (χ1v) is 6.94. The van der Waals surface area contributed by atoms with Crippen molar-refractivity contribution in [2.45, 2.75) is 13.8 Å². The number of carbonyl (C=O) groups excluding carboxylic acids is 1. The monoisotopic (exact) mass is 299 g/mol. The topological polar surface area (TPSA) is 46.4 Å². The van der Waals surface area contributed by atoms with E-state index < -0.39 is 0 Å². The van der Waals surface area contributed by atoms with Crippen LogP contribution in [0, 0.1) is 6.92 Å². The van der Waals surface area contributed by atoms with Crippen molar-refractivity contribution < 1.29 is 4.79 Å². The van der Waals surface area contributed by atoms with Gasteiger partial charge < -0.3 is 5.32 Å². The van der Waals surface area contributed by atoms with E-state index >= 15 is 0 Å². The number of imidazole rings is 1. The van der Waals surface area contributed by atoms with Gasteiger partial charge in [-0.25, -0.2) is 4.98 Å². The van der Waals surface area contributed by atoms with Gasteiger partial charge in [0.2, 0.25) is 5.91 Å². The maximum Gasteiger partial charge on any atom is 0.222 e. The number of rotatable bonds is 2. The van der Waals surface area contributed by atoms with Crippen LogP contribution in [0.4, 0.5) is 5.82 Å². The summed E-state index contributed by atoms with van der Waals surface area (Å²) >= 11 is 5.93. The number of aromatic nitrogens is 2. The number of nitrogens with zero attached hydrogens (tertiary/aromatic N) is 2. The number of amides is 1. The SMILES string of the molecule is CC(=O)Nc1c(-c2ccc(Cl)cc2)nc2ccc(C)cn12. The molecule has 0 bridgehead atoms. The number of nitrogens with one attached hydrogen (secondary N) is 1. The summed E-state index contributed by atoms with van der Waals surface area (Å²) in [6.07, 6.45) is 1.95. The molecule has 3 rings (SSSR count). The van der Waals surface area contributed by atoms with Crippen LogP contribution in [0.25, 0.3) is 16.9 Å². The minimum absolute atomic E-state index is 0.131. The molecule has 0 aliphatic heterocycles. The molecule has 4 nitrogen and oxygen atoms in total. The molecule has 1 aromatic carbocycles. The molecule has 1 N–H and O–H groups in total. The largest absolute Gasteiger partial charge is 0.310 e. The molecule has 21 heavy (non-hydrogen) atoms. The lowest BCUT2D eigenvalue weighted by Gasteiger charge is -2.06. The maximum atomic E-state index is 11.5. The summed E-state index contributed by atoms with van der Waals surface area (Å²) < 4.78 is 1.89. The normalized spacial score (nSPS) is 10.8. The lowest BCUT2D eigenvalue weighted by molar-refractivity contribution is -0.114. The Kier molecular flexibility index (Phi) is 3.39. The Bertz CT molecular complexity index is 821. The van der Waals surface area contributed by atoms with E-state index in [-0.39, 0.29) is 5.91 Å². The molecule has 2 aromatic heterocycles. The Morgan fingerprint density at radius 2 is 1.90 bits per heavy atom. The van der Waals surface area contributed by atoms with Crippen molar-refractivity contribution in [3.63, 3.8) is 0 Å². The lowest BCUT2D eigenvalue weighted by atomic mass is 10.1. The van der Waals surface area contributed by atoms with Gasteiger partial charge in [0.05, 0.1) is 0 Å². The van der Waals surface area contributed by atoms with Crippen molar-refractivity contribution in [1.82, 2.24) is 9.38 Å². The summed E-state index contributed by atoms with van der Waals surface area (Å²) in [5.74, 6) is 0.539. The Labute approximate surface area is 127 Å². The Morgan fingerprint density at radius 3 is 2.57 bits per heavy atom. The minimum Gasteiger partial charge on any atom is -0.310 e. The summed E-state index contributed by atoms with van der Waals surface area (Å²) in [4.78, 5) is 16.1. The molecule has 0 spiro atoms. The van der Waals surface area contributed by atoms with Gasteiger partial charge in [-0.2, -0.15) is 0 Å². The van der Waals surface area contributed by atoms with Gasteiger partial charge in [-0.3, -0.25) is 9.20 Å². The lowest BCUT2D eigenvalue weighted by Crippen LogP contribution is -2.09. The number of hydrogen-bond acceptors (Lipinski definition) is 2. The number of anilines is 1. The fourth-order valence-electron chi connectivity index (χ4n) is 2.25. The average Bonchev–Trinajstić information content (AvgIpc) is 2.77. The second-order valence-electron chi connectivity index (χ2n) is 4.93. The molecular formula is C16H14ClN3O. The zero-order valence-corrected chi connectivity index (χ0v) is 12.5. The maximum absolute atomic E-state index is 11.5. The summed E-state index contributed by atoms with van der Waals surface area (Å²) in [6, 6.07) is 11.3. The molecule has 0 atom stereocenters. The molecule has 0 aliphatic carbocycles. The van der Waals surface area contributed by atoms with Gasteiger partial charge in [0, 0.05) is 23.7 Å². The van der Waals surface area contributed by atoms with E-state index in [9.17, 15) is 4.79 Å². The van der Waals surface area contributed by atoms with Crippen LogP contribution in [-0.2, 0) is 4.79 Å². The molecule has 0 radical (unpaired) electrons. The number of fused-ring (bicyclic) bond motifs is 1. The van der Waals surface area contributed by atoms with E-state index in [1.165, 1.54) is 6.92 Å². The van der Waals surface area contributed by atoms with Crippen molar-refractivity contribution in [2.75, 3.05) is 5.32 Å². The molecular weight excluding hydrogens is 286 g/mol. The molecule has 5 heteroatoms. The molecule has 3 aromatic rings. The Hall–Kier alpha value is -2.33. The second-order valence-corrected chi connectivity index (χ2v) is 5.37. The van der Waals surface area contributed by atoms with Gasteiger partial charge in [-0.1, -0.05) is 29.8 Å². The highest BCUT2D eigenvalue weighted by atomic mass is 35.5. The van der Waals surface area contributed by atoms with Crippen LogP contribution >= 0.6 is 11.6 Å². The predicted molar refractivity (Wildman–Crippen MR) is 84.7 cm³/mol. The van der Waals surface area contributed by atoms with Crippen molar-refractivity contribution >= 4 is 29.0 Å². The Balaban J connectivity index is 2.25. The van der Waals surface area contributed by atoms with E-state index in [0.717, 1.165) is 22.5 Å². The van der Waals surface area contributed by atoms with Gasteiger partial charge in [-0.15, -0.1) is 0 Å². The fourth-order valence-corrected chi connectivity index (χ4v) is 2.37. The highest BCUT2D eigenvalue weighted by Crippen LogP contribution is 2.29. The van der Waals surface area contributed by atoms with Crippen LogP contribution in [0.2, 0.25) is 5.02 Å². The number of carbonyl (C=O) groups is 1. The standard InChI is InChI=1S/C16H14ClN3O/c1-10-3-8-14-19-15(12-4-6-13(17)7-5-12)16(18-11(2)21)20(14)9-10/h3-9H,1-2H3,(H,18,21). The summed E-state index contributed by atoms with van der Waals surface area (Å²) in [6.45, 7) is 3.49. The van der Waals surface area contributed by atoms with Crippen LogP contribution < -0.4 is 5.32 Å². The van der Waals surface area contributed by atoms with Crippen LogP contribution in [0.1, 0.15) is 12.5 Å². The molecule has 0 saturated carbocycles. The summed E-state index contributed by atoms with van der Waals surface area (Å²) in [7, 11) is 0. The molecule has 0 saturated heterocycles. The van der Waals surface area contributed by atoms with Gasteiger partial charge in [0.1, 0.15) is 17.2 Å². The zero-order valence-electron chi connectivity index (χ0n) is 11.7. The first kappa shape index (κ1) is 13.6. The van der Waals surface area contributed by atoms with E-state index in [1.807, 2.05) is 53.9 Å². The number of aryl methyl sites for hydroxylation is 1. The average molecular weight is 300 g/mol. The van der Waals surface area contributed by atoms with Gasteiger partial charge in [0.25, 0.3) is 0 Å². The van der Waals surface area contributed by atoms with E-state index in [2.05, 4.69) is 10.3 Å². The summed E-state index contributed by atoms with van der Waals surface area (Å²) in [5.41, 5.74) is 3.51. The van der Waals surface area contributed by atoms with Crippen LogP contribution in [-0.4, -0.2) is 15.3 Å². The molecule has 1 amide bonds. The van der Waals surface area contributed by atoms with Gasteiger partial charge in [-0.05, 0) is 30.7 Å². The number of hydrogen-bond donors (Lipinski definition) is 1. The molecule has 2 heterocycles. The highest BCUT2D eigenvalue weighted by Gasteiger charge is 2.15. The molecule has 0 fully saturated rings. The third-order valence-electron chi connectivity index (χ3n) is 3.18. The first-order valence-electron chi connectivity index (χ1n) is 6.57. The van der Waals surface area contributed by atoms with Gasteiger partial charge >= 0.3 is 0 Å². The van der Waals surface area contributed by atoms with E-state index in [4.69, 9.17) is 11.6 Å². The highest BCUT2D eigenvalue weighted by molar-refractivity contribution is 6.30. The van der Waals surface area contributed by atoms with Crippen LogP contribution in [0.15, 0.2) is 42.6 Å². The number of halogens is 1. The second kappa shape index (κ2) is 5.22. The molecule has 0 aliphatic rings. The van der Waals surface area contributed by atoms with Crippen molar-refractivity contribution in [1.29, 1.82) is 0 Å². The van der Waals surface area contributed by atoms with Crippen LogP contribution in [0.3, 0.4) is 0 Å². The Morgan fingerprint density at radius 1 is 1.19 bits per heavy atom. The fraction of sp³-hybridized carbons (Fsp3) is 0.125. The van der Waals surface area contributed by atoms with E-state index in [0.29, 0.717) is 10.8 Å². The summed E-state index contributed by atoms with van der Waals surface area (Å²) in [5, 5.41) is 3.53. The smallest absolute Gasteiger partial charge is 0.222 e. The van der Waals surface area contributed by atoms with Gasteiger partial charge in [0.15, 0.2) is 0 Å². The zero-order chi connectivity index (χ0) is 15.0. The third kappa shape index (κ3) is 2.62. The van der Waals surface area contributed by atoms with Crippen molar-refractivity contribution in [2.24, 2.45) is 0 Å². The quantitative estimate of drug-likeness (QED) is 0.779. The molecule has 0 unspecified atom stereocenters. The number of benzene rings is 1. The predicted octanol–water partition coefficient (Wildman–Crippen LogP) is 3.92. The minimum atomic E-state index is -0.131.